The largest absolute Gasteiger partial charge is 0.493 e. The first-order valence-electron chi connectivity index (χ1n) is 9.66. The second-order valence-corrected chi connectivity index (χ2v) is 7.02. The van der Waals surface area contributed by atoms with Gasteiger partial charge in [0, 0.05) is 10.6 Å². The Morgan fingerprint density at radius 2 is 1.55 bits per heavy atom. The number of hydrazone groups is 1. The molecule has 0 fully saturated rings. The van der Waals surface area contributed by atoms with Gasteiger partial charge in [-0.25, -0.2) is 10.2 Å². The molecule has 0 bridgehead atoms. The highest BCUT2D eigenvalue weighted by Crippen LogP contribution is 2.38. The minimum absolute atomic E-state index is 0.282. The number of halogens is 1. The second-order valence-electron chi connectivity index (χ2n) is 6.58. The molecule has 0 saturated carbocycles. The van der Waals surface area contributed by atoms with Crippen molar-refractivity contribution in [3.63, 3.8) is 0 Å². The van der Waals surface area contributed by atoms with Crippen LogP contribution in [0.1, 0.15) is 26.3 Å². The summed E-state index contributed by atoms with van der Waals surface area (Å²) in [4.78, 5) is 24.6. The molecular formula is C24H21ClN2O6. The summed E-state index contributed by atoms with van der Waals surface area (Å²) >= 11 is 5.90. The Bertz CT molecular complexity index is 1150. The number of methoxy groups -OCH3 is 3. The Hall–Kier alpha value is -4.04. The molecule has 0 aliphatic carbocycles. The van der Waals surface area contributed by atoms with Gasteiger partial charge in [-0.1, -0.05) is 17.7 Å². The van der Waals surface area contributed by atoms with Crippen molar-refractivity contribution in [2.45, 2.75) is 0 Å². The van der Waals surface area contributed by atoms with Crippen LogP contribution in [0.25, 0.3) is 0 Å². The van der Waals surface area contributed by atoms with Crippen LogP contribution >= 0.6 is 11.6 Å². The van der Waals surface area contributed by atoms with E-state index in [4.69, 9.17) is 30.5 Å². The zero-order valence-electron chi connectivity index (χ0n) is 18.1. The topological polar surface area (TPSA) is 95.5 Å². The highest BCUT2D eigenvalue weighted by molar-refractivity contribution is 6.30. The smallest absolute Gasteiger partial charge is 0.343 e. The molecule has 0 aliphatic heterocycles. The lowest BCUT2D eigenvalue weighted by molar-refractivity contribution is 0.0734. The van der Waals surface area contributed by atoms with Gasteiger partial charge < -0.3 is 18.9 Å². The molecule has 0 atom stereocenters. The predicted molar refractivity (Wildman–Crippen MR) is 124 cm³/mol. The van der Waals surface area contributed by atoms with Crippen LogP contribution in [-0.2, 0) is 0 Å². The van der Waals surface area contributed by atoms with Crippen LogP contribution in [0.2, 0.25) is 5.02 Å². The van der Waals surface area contributed by atoms with Crippen LogP contribution < -0.4 is 24.4 Å². The van der Waals surface area contributed by atoms with Crippen LogP contribution in [-0.4, -0.2) is 39.4 Å². The van der Waals surface area contributed by atoms with E-state index < -0.39 is 11.9 Å². The lowest BCUT2D eigenvalue weighted by Gasteiger charge is -2.13. The monoisotopic (exact) mass is 468 g/mol. The van der Waals surface area contributed by atoms with E-state index in [9.17, 15) is 9.59 Å². The van der Waals surface area contributed by atoms with Gasteiger partial charge in [0.15, 0.2) is 11.5 Å². The second kappa shape index (κ2) is 11.0. The van der Waals surface area contributed by atoms with Crippen LogP contribution in [0.4, 0.5) is 0 Å². The Morgan fingerprint density at radius 1 is 0.879 bits per heavy atom. The number of carbonyl (C=O) groups is 2. The molecular weight excluding hydrogens is 448 g/mol. The molecule has 0 unspecified atom stereocenters. The van der Waals surface area contributed by atoms with Crippen LogP contribution in [0.3, 0.4) is 0 Å². The van der Waals surface area contributed by atoms with Crippen LogP contribution in [0, 0.1) is 0 Å². The summed E-state index contributed by atoms with van der Waals surface area (Å²) in [5.74, 6) is 0.478. The number of nitrogens with zero attached hydrogens (tertiary/aromatic N) is 1. The molecule has 3 aromatic rings. The summed E-state index contributed by atoms with van der Waals surface area (Å²) in [6, 6.07) is 16.1. The number of hydrogen-bond acceptors (Lipinski definition) is 7. The normalized spacial score (nSPS) is 10.5. The third-order valence-electron chi connectivity index (χ3n) is 4.46. The first kappa shape index (κ1) is 23.6. The van der Waals surface area contributed by atoms with Gasteiger partial charge in [-0.3, -0.25) is 4.79 Å². The Balaban J connectivity index is 1.62. The fourth-order valence-electron chi connectivity index (χ4n) is 2.85. The van der Waals surface area contributed by atoms with E-state index in [0.29, 0.717) is 39.1 Å². The van der Waals surface area contributed by atoms with Gasteiger partial charge in [-0.15, -0.1) is 0 Å². The average molecular weight is 469 g/mol. The summed E-state index contributed by atoms with van der Waals surface area (Å²) in [6.45, 7) is 0. The van der Waals surface area contributed by atoms with Gasteiger partial charge in [-0.05, 0) is 60.2 Å². The van der Waals surface area contributed by atoms with Crippen molar-refractivity contribution in [3.8, 4) is 23.0 Å². The lowest BCUT2D eigenvalue weighted by Crippen LogP contribution is -2.18. The fourth-order valence-corrected chi connectivity index (χ4v) is 3.04. The molecule has 170 valence electrons. The Kier molecular flexibility index (Phi) is 7.88. The average Bonchev–Trinajstić information content (AvgIpc) is 2.83. The number of esters is 1. The van der Waals surface area contributed by atoms with Crippen molar-refractivity contribution < 1.29 is 28.5 Å². The van der Waals surface area contributed by atoms with E-state index in [1.54, 1.807) is 42.5 Å². The third-order valence-corrected chi connectivity index (χ3v) is 4.69. The molecule has 0 aromatic heterocycles. The number of amides is 1. The van der Waals surface area contributed by atoms with Gasteiger partial charge in [0.1, 0.15) is 5.75 Å². The van der Waals surface area contributed by atoms with Gasteiger partial charge in [0.25, 0.3) is 5.91 Å². The third kappa shape index (κ3) is 6.02. The highest BCUT2D eigenvalue weighted by atomic mass is 35.5. The van der Waals surface area contributed by atoms with Gasteiger partial charge in [0.2, 0.25) is 5.75 Å². The maximum atomic E-state index is 12.5. The van der Waals surface area contributed by atoms with Crippen molar-refractivity contribution >= 4 is 29.7 Å². The summed E-state index contributed by atoms with van der Waals surface area (Å²) in [5, 5.41) is 4.41. The van der Waals surface area contributed by atoms with Crippen molar-refractivity contribution in [2.24, 2.45) is 5.10 Å². The van der Waals surface area contributed by atoms with E-state index in [-0.39, 0.29) is 5.56 Å². The van der Waals surface area contributed by atoms with E-state index in [0.717, 1.165) is 0 Å². The fraction of sp³-hybridized carbons (Fsp3) is 0.125. The molecule has 0 heterocycles. The molecule has 0 spiro atoms. The maximum absolute atomic E-state index is 12.5. The van der Waals surface area contributed by atoms with Crippen molar-refractivity contribution in [1.82, 2.24) is 5.43 Å². The predicted octanol–water partition coefficient (Wildman–Crippen LogP) is 4.35. The van der Waals surface area contributed by atoms with E-state index in [1.807, 2.05) is 0 Å². The number of carbonyl (C=O) groups excluding carboxylic acids is 2. The van der Waals surface area contributed by atoms with Crippen molar-refractivity contribution in [2.75, 3.05) is 21.3 Å². The standard InChI is InChI=1S/C24H21ClN2O6/c1-30-20-12-17(13-21(31-2)22(20)32-3)23(28)27-26-14-15-7-9-19(10-8-15)33-24(29)16-5-4-6-18(25)11-16/h4-14H,1-3H3,(H,27,28)/b26-14-. The van der Waals surface area contributed by atoms with E-state index >= 15 is 0 Å². The molecule has 0 saturated heterocycles. The number of hydrogen-bond donors (Lipinski definition) is 1. The summed E-state index contributed by atoms with van der Waals surface area (Å²) in [7, 11) is 4.41. The number of ether oxygens (including phenoxy) is 4. The SMILES string of the molecule is COc1cc(C(=O)N/N=C\c2ccc(OC(=O)c3cccc(Cl)c3)cc2)cc(OC)c1OC. The zero-order valence-corrected chi connectivity index (χ0v) is 18.9. The highest BCUT2D eigenvalue weighted by Gasteiger charge is 2.16. The quantitative estimate of drug-likeness (QED) is 0.228. The summed E-state index contributed by atoms with van der Waals surface area (Å²) in [6.07, 6.45) is 1.46. The molecule has 8 nitrogen and oxygen atoms in total. The lowest BCUT2D eigenvalue weighted by atomic mass is 10.1. The van der Waals surface area contributed by atoms with Gasteiger partial charge >= 0.3 is 5.97 Å². The minimum Gasteiger partial charge on any atom is -0.493 e. The molecule has 0 aliphatic rings. The summed E-state index contributed by atoms with van der Waals surface area (Å²) in [5.41, 5.74) is 3.76. The molecule has 1 N–H and O–H groups in total. The first-order valence-corrected chi connectivity index (χ1v) is 10.0. The zero-order chi connectivity index (χ0) is 23.8. The van der Waals surface area contributed by atoms with Crippen molar-refractivity contribution in [3.05, 3.63) is 82.4 Å². The van der Waals surface area contributed by atoms with Gasteiger partial charge in [-0.2, -0.15) is 5.10 Å². The maximum Gasteiger partial charge on any atom is 0.343 e. The number of nitrogens with one attached hydrogen (secondary N) is 1. The van der Waals surface area contributed by atoms with E-state index in [1.165, 1.54) is 45.7 Å². The van der Waals surface area contributed by atoms with Crippen molar-refractivity contribution in [1.29, 1.82) is 0 Å². The van der Waals surface area contributed by atoms with Crippen LogP contribution in [0.15, 0.2) is 65.8 Å². The molecule has 3 aromatic carbocycles. The first-order chi connectivity index (χ1) is 15.9. The molecule has 1 amide bonds. The molecule has 0 radical (unpaired) electrons. The molecule has 9 heteroatoms. The van der Waals surface area contributed by atoms with Gasteiger partial charge in [0.05, 0.1) is 33.1 Å². The van der Waals surface area contributed by atoms with E-state index in [2.05, 4.69) is 10.5 Å². The Morgan fingerprint density at radius 3 is 2.12 bits per heavy atom. The number of benzene rings is 3. The molecule has 33 heavy (non-hydrogen) atoms. The number of rotatable bonds is 8. The Labute approximate surface area is 195 Å². The molecule has 3 rings (SSSR count). The van der Waals surface area contributed by atoms with Crippen LogP contribution in [0.5, 0.6) is 23.0 Å². The minimum atomic E-state index is -0.517. The summed E-state index contributed by atoms with van der Waals surface area (Å²) < 4.78 is 21.1.